The number of nitrogens with zero attached hydrogens (tertiary/aromatic N) is 2. The fraction of sp³-hybridized carbons (Fsp3) is 0.750. The Kier molecular flexibility index (Phi) is 2.18. The molecule has 1 aromatic rings. The summed E-state index contributed by atoms with van der Waals surface area (Å²) >= 11 is 0. The Morgan fingerprint density at radius 3 is 2.85 bits per heavy atom. The van der Waals surface area contributed by atoms with Crippen molar-refractivity contribution < 1.29 is 4.74 Å². The minimum atomic E-state index is -0.0925. The van der Waals surface area contributed by atoms with Gasteiger partial charge in [-0.2, -0.15) is 10.1 Å². The van der Waals surface area contributed by atoms with E-state index in [2.05, 4.69) is 27.4 Å². The molecule has 0 aromatic carbocycles. The molecule has 0 bridgehead atoms. The molecule has 0 atom stereocenters. The van der Waals surface area contributed by atoms with Gasteiger partial charge in [0.25, 0.3) is 0 Å². The van der Waals surface area contributed by atoms with Crippen LogP contribution in [0.4, 0.5) is 0 Å². The van der Waals surface area contributed by atoms with Gasteiger partial charge >= 0.3 is 6.01 Å². The topological polar surface area (TPSA) is 62.8 Å². The van der Waals surface area contributed by atoms with Gasteiger partial charge in [0.2, 0.25) is 0 Å². The Morgan fingerprint density at radius 2 is 2.23 bits per heavy atom. The molecule has 2 heterocycles. The lowest BCUT2D eigenvalue weighted by Gasteiger charge is -2.33. The molecular weight excluding hydrogens is 168 g/mol. The van der Waals surface area contributed by atoms with Crippen molar-refractivity contribution in [2.75, 3.05) is 13.1 Å². The molecule has 1 saturated heterocycles. The van der Waals surface area contributed by atoms with Crippen LogP contribution in [-0.2, 0) is 0 Å². The molecule has 1 fully saturated rings. The molecule has 1 aliphatic heterocycles. The highest BCUT2D eigenvalue weighted by Gasteiger charge is 2.29. The van der Waals surface area contributed by atoms with Gasteiger partial charge in [-0.1, -0.05) is 0 Å². The van der Waals surface area contributed by atoms with E-state index in [9.17, 15) is 0 Å². The summed E-state index contributed by atoms with van der Waals surface area (Å²) in [5, 5.41) is 9.74. The first-order valence-electron chi connectivity index (χ1n) is 4.54. The Morgan fingerprint density at radius 1 is 1.46 bits per heavy atom. The second-order valence-corrected chi connectivity index (χ2v) is 3.59. The maximum atomic E-state index is 5.71. The van der Waals surface area contributed by atoms with Crippen LogP contribution in [0.3, 0.4) is 0 Å². The van der Waals surface area contributed by atoms with Crippen LogP contribution in [0, 0.1) is 0 Å². The average molecular weight is 182 g/mol. The van der Waals surface area contributed by atoms with E-state index in [1.807, 2.05) is 0 Å². The lowest BCUT2D eigenvalue weighted by Crippen LogP contribution is -2.44. The lowest BCUT2D eigenvalue weighted by molar-refractivity contribution is 0.0461. The maximum Gasteiger partial charge on any atom is 0.312 e. The third kappa shape index (κ3) is 1.98. The van der Waals surface area contributed by atoms with Gasteiger partial charge in [-0.25, -0.2) is 5.10 Å². The Balaban J connectivity index is 1.99. The van der Waals surface area contributed by atoms with Crippen molar-refractivity contribution in [3.63, 3.8) is 0 Å². The van der Waals surface area contributed by atoms with Gasteiger partial charge in [0.05, 0.1) is 0 Å². The Bertz CT molecular complexity index is 253. The minimum Gasteiger partial charge on any atom is -0.457 e. The summed E-state index contributed by atoms with van der Waals surface area (Å²) in [5.74, 6) is 0. The van der Waals surface area contributed by atoms with Gasteiger partial charge in [0.1, 0.15) is 11.9 Å². The van der Waals surface area contributed by atoms with Crippen LogP contribution in [0.5, 0.6) is 6.01 Å². The van der Waals surface area contributed by atoms with Crippen molar-refractivity contribution in [1.29, 1.82) is 0 Å². The maximum absolute atomic E-state index is 5.71. The predicted octanol–water partition coefficient (Wildman–Crippen LogP) is 0.326. The average Bonchev–Trinajstić information content (AvgIpc) is 2.57. The Labute approximate surface area is 76.9 Å². The largest absolute Gasteiger partial charge is 0.457 e. The first-order chi connectivity index (χ1) is 6.29. The quantitative estimate of drug-likeness (QED) is 0.691. The van der Waals surface area contributed by atoms with E-state index >= 15 is 0 Å². The van der Waals surface area contributed by atoms with Gasteiger partial charge in [-0.3, -0.25) is 0 Å². The second kappa shape index (κ2) is 3.33. The summed E-state index contributed by atoms with van der Waals surface area (Å²) in [6, 6.07) is 0.518. The van der Waals surface area contributed by atoms with E-state index in [0.717, 1.165) is 25.9 Å². The summed E-state index contributed by atoms with van der Waals surface area (Å²) < 4.78 is 5.71. The minimum absolute atomic E-state index is 0.0925. The SMILES string of the molecule is CC1(Oc2ncn[nH]2)CCNCC1. The lowest BCUT2D eigenvalue weighted by atomic mass is 9.95. The molecule has 0 spiro atoms. The number of H-pyrrole nitrogens is 1. The van der Waals surface area contributed by atoms with Crippen LogP contribution in [0.25, 0.3) is 0 Å². The number of ether oxygens (including phenoxy) is 1. The highest BCUT2D eigenvalue weighted by atomic mass is 16.5. The highest BCUT2D eigenvalue weighted by molar-refractivity contribution is 4.94. The van der Waals surface area contributed by atoms with Crippen LogP contribution < -0.4 is 10.1 Å². The molecule has 72 valence electrons. The summed E-state index contributed by atoms with van der Waals surface area (Å²) in [6.45, 7) is 4.12. The molecule has 1 aromatic heterocycles. The van der Waals surface area contributed by atoms with Gasteiger partial charge in [-0.15, -0.1) is 0 Å². The molecule has 0 aliphatic carbocycles. The number of hydrogen-bond acceptors (Lipinski definition) is 4. The molecule has 1 aliphatic rings. The molecule has 2 N–H and O–H groups in total. The van der Waals surface area contributed by atoms with E-state index in [4.69, 9.17) is 4.74 Å². The van der Waals surface area contributed by atoms with Gasteiger partial charge in [0, 0.05) is 0 Å². The molecule has 5 nitrogen and oxygen atoms in total. The molecule has 0 saturated carbocycles. The number of piperidine rings is 1. The normalized spacial score (nSPS) is 21.3. The monoisotopic (exact) mass is 182 g/mol. The van der Waals surface area contributed by atoms with Crippen molar-refractivity contribution in [2.45, 2.75) is 25.4 Å². The number of nitrogens with one attached hydrogen (secondary N) is 2. The number of aromatic amines is 1. The second-order valence-electron chi connectivity index (χ2n) is 3.59. The third-order valence-corrected chi connectivity index (χ3v) is 2.40. The number of aromatic nitrogens is 3. The van der Waals surface area contributed by atoms with Crippen molar-refractivity contribution in [3.8, 4) is 6.01 Å². The van der Waals surface area contributed by atoms with Crippen molar-refractivity contribution in [1.82, 2.24) is 20.5 Å². The standard InChI is InChI=1S/C8H14N4O/c1-8(2-4-9-5-3-8)13-7-10-6-11-12-7/h6,9H,2-5H2,1H3,(H,10,11,12). The van der Waals surface area contributed by atoms with Crippen molar-refractivity contribution >= 4 is 0 Å². The highest BCUT2D eigenvalue weighted by Crippen LogP contribution is 2.22. The summed E-state index contributed by atoms with van der Waals surface area (Å²) in [6.07, 6.45) is 3.47. The molecule has 0 radical (unpaired) electrons. The van der Waals surface area contributed by atoms with E-state index < -0.39 is 0 Å². The van der Waals surface area contributed by atoms with Gasteiger partial charge < -0.3 is 10.1 Å². The van der Waals surface area contributed by atoms with E-state index in [1.54, 1.807) is 0 Å². The zero-order chi connectivity index (χ0) is 9.15. The Hall–Kier alpha value is -1.10. The van der Waals surface area contributed by atoms with Crippen LogP contribution in [-0.4, -0.2) is 33.9 Å². The predicted molar refractivity (Wildman–Crippen MR) is 47.5 cm³/mol. The van der Waals surface area contributed by atoms with Gasteiger partial charge in [0.15, 0.2) is 0 Å². The van der Waals surface area contributed by atoms with Crippen molar-refractivity contribution in [2.24, 2.45) is 0 Å². The molecule has 13 heavy (non-hydrogen) atoms. The van der Waals surface area contributed by atoms with Crippen LogP contribution in [0.15, 0.2) is 6.33 Å². The number of rotatable bonds is 2. The molecule has 0 unspecified atom stereocenters. The fourth-order valence-electron chi connectivity index (χ4n) is 1.53. The fourth-order valence-corrected chi connectivity index (χ4v) is 1.53. The zero-order valence-corrected chi connectivity index (χ0v) is 7.71. The van der Waals surface area contributed by atoms with Crippen LogP contribution >= 0.6 is 0 Å². The van der Waals surface area contributed by atoms with Gasteiger partial charge in [-0.05, 0) is 32.9 Å². The first kappa shape index (κ1) is 8.50. The van der Waals surface area contributed by atoms with E-state index in [0.29, 0.717) is 6.01 Å². The zero-order valence-electron chi connectivity index (χ0n) is 7.71. The number of hydrogen-bond donors (Lipinski definition) is 2. The molecule has 2 rings (SSSR count). The summed E-state index contributed by atoms with van der Waals surface area (Å²) in [7, 11) is 0. The third-order valence-electron chi connectivity index (χ3n) is 2.40. The molecule has 5 heteroatoms. The van der Waals surface area contributed by atoms with Crippen molar-refractivity contribution in [3.05, 3.63) is 6.33 Å². The smallest absolute Gasteiger partial charge is 0.312 e. The summed E-state index contributed by atoms with van der Waals surface area (Å²) in [5.41, 5.74) is -0.0925. The van der Waals surface area contributed by atoms with E-state index in [-0.39, 0.29) is 5.60 Å². The van der Waals surface area contributed by atoms with E-state index in [1.165, 1.54) is 6.33 Å². The van der Waals surface area contributed by atoms with Crippen LogP contribution in [0.1, 0.15) is 19.8 Å². The molecular formula is C8H14N4O. The molecule has 0 amide bonds. The van der Waals surface area contributed by atoms with Crippen LogP contribution in [0.2, 0.25) is 0 Å². The first-order valence-corrected chi connectivity index (χ1v) is 4.54. The summed E-state index contributed by atoms with van der Waals surface area (Å²) in [4.78, 5) is 3.95.